The first kappa shape index (κ1) is 17.9. The molecule has 128 valence electrons. The maximum absolute atomic E-state index is 12.0. The van der Waals surface area contributed by atoms with Crippen LogP contribution in [0.5, 0.6) is 0 Å². The van der Waals surface area contributed by atoms with E-state index in [2.05, 4.69) is 17.1 Å². The average Bonchev–Trinajstić information content (AvgIpc) is 3.06. The van der Waals surface area contributed by atoms with Crippen molar-refractivity contribution in [1.29, 1.82) is 0 Å². The Kier molecular flexibility index (Phi) is 6.30. The van der Waals surface area contributed by atoms with Crippen LogP contribution in [-0.4, -0.2) is 45.3 Å². The van der Waals surface area contributed by atoms with Crippen molar-refractivity contribution in [2.45, 2.75) is 25.0 Å². The van der Waals surface area contributed by atoms with Gasteiger partial charge in [-0.05, 0) is 12.5 Å². The van der Waals surface area contributed by atoms with Crippen molar-refractivity contribution in [3.63, 3.8) is 0 Å². The van der Waals surface area contributed by atoms with Crippen LogP contribution in [0.15, 0.2) is 33.9 Å². The summed E-state index contributed by atoms with van der Waals surface area (Å²) in [5.41, 5.74) is 0.419. The highest BCUT2D eigenvalue weighted by Gasteiger charge is 2.15. The van der Waals surface area contributed by atoms with E-state index < -0.39 is 4.92 Å². The molecule has 24 heavy (non-hydrogen) atoms. The van der Waals surface area contributed by atoms with E-state index in [0.29, 0.717) is 5.56 Å². The number of benzene rings is 1. The van der Waals surface area contributed by atoms with E-state index >= 15 is 0 Å². The largest absolute Gasteiger partial charge is 0.411 e. The predicted octanol–water partition coefficient (Wildman–Crippen LogP) is 3.00. The normalized spacial score (nSPS) is 10.6. The highest BCUT2D eigenvalue weighted by Crippen LogP contribution is 2.25. The first-order valence-corrected chi connectivity index (χ1v) is 8.45. The Morgan fingerprint density at radius 1 is 1.42 bits per heavy atom. The van der Waals surface area contributed by atoms with Crippen LogP contribution in [0, 0.1) is 10.1 Å². The Balaban J connectivity index is 1.97. The summed E-state index contributed by atoms with van der Waals surface area (Å²) in [5, 5.41) is 18.8. The van der Waals surface area contributed by atoms with E-state index in [1.54, 1.807) is 24.1 Å². The number of nitro benzene ring substituents is 1. The number of unbranched alkanes of at least 4 members (excludes halogenated alkanes) is 1. The Morgan fingerprint density at radius 2 is 2.21 bits per heavy atom. The van der Waals surface area contributed by atoms with Gasteiger partial charge in [0.2, 0.25) is 11.8 Å². The van der Waals surface area contributed by atoms with E-state index in [1.807, 2.05) is 0 Å². The molecule has 0 spiro atoms. The molecule has 0 aliphatic rings. The van der Waals surface area contributed by atoms with Crippen LogP contribution in [0.2, 0.25) is 0 Å². The van der Waals surface area contributed by atoms with Crippen molar-refractivity contribution in [2.75, 3.05) is 19.3 Å². The SMILES string of the molecule is CCCCN(C)C(=O)CSc1nnc(-c2cccc([N+](=O)[O-])c2)o1. The minimum atomic E-state index is -0.486. The summed E-state index contributed by atoms with van der Waals surface area (Å²) < 4.78 is 5.46. The molecule has 0 saturated heterocycles. The van der Waals surface area contributed by atoms with Gasteiger partial charge in [0.15, 0.2) is 0 Å². The molecule has 9 heteroatoms. The van der Waals surface area contributed by atoms with Gasteiger partial charge in [-0.3, -0.25) is 14.9 Å². The number of amides is 1. The molecule has 1 aromatic heterocycles. The van der Waals surface area contributed by atoms with Crippen LogP contribution < -0.4 is 0 Å². The van der Waals surface area contributed by atoms with Gasteiger partial charge in [0.05, 0.1) is 10.7 Å². The van der Waals surface area contributed by atoms with E-state index in [-0.39, 0.29) is 28.5 Å². The van der Waals surface area contributed by atoms with Crippen LogP contribution >= 0.6 is 11.8 Å². The van der Waals surface area contributed by atoms with Gasteiger partial charge >= 0.3 is 0 Å². The number of hydrogen-bond donors (Lipinski definition) is 0. The monoisotopic (exact) mass is 350 g/mol. The van der Waals surface area contributed by atoms with Gasteiger partial charge in [-0.2, -0.15) is 0 Å². The molecule has 1 aromatic carbocycles. The van der Waals surface area contributed by atoms with Crippen LogP contribution in [0.4, 0.5) is 5.69 Å². The third-order valence-corrected chi connectivity index (χ3v) is 4.11. The number of hydrogen-bond acceptors (Lipinski definition) is 7. The van der Waals surface area contributed by atoms with E-state index in [1.165, 1.54) is 12.1 Å². The fourth-order valence-corrected chi connectivity index (χ4v) is 2.59. The summed E-state index contributed by atoms with van der Waals surface area (Å²) in [6.07, 6.45) is 1.99. The van der Waals surface area contributed by atoms with Gasteiger partial charge < -0.3 is 9.32 Å². The third-order valence-electron chi connectivity index (χ3n) is 3.30. The average molecular weight is 350 g/mol. The molecular weight excluding hydrogens is 332 g/mol. The zero-order valence-corrected chi connectivity index (χ0v) is 14.3. The lowest BCUT2D eigenvalue weighted by Gasteiger charge is -2.15. The molecule has 0 aliphatic carbocycles. The molecule has 0 N–H and O–H groups in total. The fraction of sp³-hybridized carbons (Fsp3) is 0.400. The molecule has 2 rings (SSSR count). The summed E-state index contributed by atoms with van der Waals surface area (Å²) >= 11 is 1.15. The summed E-state index contributed by atoms with van der Waals surface area (Å²) in [6.45, 7) is 2.79. The zero-order valence-electron chi connectivity index (χ0n) is 13.5. The predicted molar refractivity (Wildman–Crippen MR) is 89.7 cm³/mol. The number of rotatable bonds is 8. The number of carbonyl (C=O) groups excluding carboxylic acids is 1. The molecule has 0 fully saturated rings. The molecule has 0 unspecified atom stereocenters. The minimum Gasteiger partial charge on any atom is -0.411 e. The van der Waals surface area contributed by atoms with Crippen molar-refractivity contribution < 1.29 is 14.1 Å². The Morgan fingerprint density at radius 3 is 2.92 bits per heavy atom. The highest BCUT2D eigenvalue weighted by atomic mass is 32.2. The van der Waals surface area contributed by atoms with Crippen LogP contribution in [0.1, 0.15) is 19.8 Å². The van der Waals surface area contributed by atoms with Gasteiger partial charge in [-0.1, -0.05) is 31.2 Å². The van der Waals surface area contributed by atoms with Crippen LogP contribution in [-0.2, 0) is 4.79 Å². The Hall–Kier alpha value is -2.42. The number of thioether (sulfide) groups is 1. The Bertz CT molecular complexity index is 719. The number of aromatic nitrogens is 2. The smallest absolute Gasteiger partial charge is 0.277 e. The van der Waals surface area contributed by atoms with Gasteiger partial charge in [-0.25, -0.2) is 0 Å². The first-order valence-electron chi connectivity index (χ1n) is 7.46. The summed E-state index contributed by atoms with van der Waals surface area (Å²) in [7, 11) is 1.76. The second kappa shape index (κ2) is 8.44. The second-order valence-corrected chi connectivity index (χ2v) is 6.06. The van der Waals surface area contributed by atoms with Crippen molar-refractivity contribution >= 4 is 23.4 Å². The quantitative estimate of drug-likeness (QED) is 0.409. The molecular formula is C15H18N4O4S. The van der Waals surface area contributed by atoms with Gasteiger partial charge in [0.25, 0.3) is 10.9 Å². The zero-order chi connectivity index (χ0) is 17.5. The molecule has 1 heterocycles. The standard InChI is InChI=1S/C15H18N4O4S/c1-3-4-8-18(2)13(20)10-24-15-17-16-14(23-15)11-6-5-7-12(9-11)19(21)22/h5-7,9H,3-4,8,10H2,1-2H3. The molecule has 2 aromatic rings. The van der Waals surface area contributed by atoms with E-state index in [9.17, 15) is 14.9 Å². The van der Waals surface area contributed by atoms with Gasteiger partial charge in [0, 0.05) is 31.3 Å². The second-order valence-electron chi connectivity index (χ2n) is 5.14. The van der Waals surface area contributed by atoms with Crippen LogP contribution in [0.3, 0.4) is 0 Å². The van der Waals surface area contributed by atoms with Crippen LogP contribution in [0.25, 0.3) is 11.5 Å². The maximum atomic E-state index is 12.0. The van der Waals surface area contributed by atoms with Crippen molar-refractivity contribution in [3.05, 3.63) is 34.4 Å². The topological polar surface area (TPSA) is 102 Å². The summed E-state index contributed by atoms with van der Waals surface area (Å²) in [4.78, 5) is 23.9. The number of nitrogens with zero attached hydrogens (tertiary/aromatic N) is 4. The van der Waals surface area contributed by atoms with E-state index in [4.69, 9.17) is 4.42 Å². The molecule has 8 nitrogen and oxygen atoms in total. The van der Waals surface area contributed by atoms with Crippen molar-refractivity contribution in [2.24, 2.45) is 0 Å². The fourth-order valence-electron chi connectivity index (χ4n) is 1.89. The molecule has 0 radical (unpaired) electrons. The maximum Gasteiger partial charge on any atom is 0.277 e. The molecule has 0 aliphatic heterocycles. The number of nitro groups is 1. The number of carbonyl (C=O) groups is 1. The highest BCUT2D eigenvalue weighted by molar-refractivity contribution is 7.99. The van der Waals surface area contributed by atoms with Gasteiger partial charge in [0.1, 0.15) is 0 Å². The molecule has 0 bridgehead atoms. The summed E-state index contributed by atoms with van der Waals surface area (Å²) in [5.74, 6) is 0.382. The molecule has 1 amide bonds. The summed E-state index contributed by atoms with van der Waals surface area (Å²) in [6, 6.07) is 5.96. The lowest BCUT2D eigenvalue weighted by Crippen LogP contribution is -2.29. The molecule has 0 saturated carbocycles. The minimum absolute atomic E-state index is 0.0106. The first-order chi connectivity index (χ1) is 11.5. The number of non-ortho nitro benzene ring substituents is 1. The van der Waals surface area contributed by atoms with Crippen molar-refractivity contribution in [3.8, 4) is 11.5 Å². The Labute approximate surface area is 143 Å². The van der Waals surface area contributed by atoms with Crippen molar-refractivity contribution in [1.82, 2.24) is 15.1 Å². The third kappa shape index (κ3) is 4.79. The lowest BCUT2D eigenvalue weighted by molar-refractivity contribution is -0.384. The molecule has 0 atom stereocenters. The lowest BCUT2D eigenvalue weighted by atomic mass is 10.2. The van der Waals surface area contributed by atoms with Gasteiger partial charge in [-0.15, -0.1) is 10.2 Å². The van der Waals surface area contributed by atoms with E-state index in [0.717, 1.165) is 31.1 Å².